The molecule has 11 heteroatoms. The Morgan fingerprint density at radius 1 is 0.955 bits per heavy atom. The van der Waals surface area contributed by atoms with Crippen LogP contribution >= 0.6 is 0 Å². The van der Waals surface area contributed by atoms with Crippen molar-refractivity contribution in [3.63, 3.8) is 0 Å². The maximum absolute atomic E-state index is 13.7. The SMILES string of the molecule is CCOc1ccccc1-n1c(CN2CCN(C(=O)COc3ccc(CNCOCCO)cc3)CC2)nc2ccccc2c1=O. The molecule has 0 atom stereocenters. The van der Waals surface area contributed by atoms with E-state index in [4.69, 9.17) is 24.3 Å². The van der Waals surface area contributed by atoms with Crippen LogP contribution in [0, 0.1) is 0 Å². The smallest absolute Gasteiger partial charge is 0.266 e. The van der Waals surface area contributed by atoms with Gasteiger partial charge in [0.15, 0.2) is 6.61 Å². The monoisotopic (exact) mass is 601 g/mol. The standard InChI is InChI=1S/C33H39N5O6/c1-2-43-30-10-6-5-9-29(30)38-31(35-28-8-4-3-7-27(28)33(38)41)22-36-15-17-37(18-16-36)32(40)23-44-26-13-11-25(12-14-26)21-34-24-42-20-19-39/h3-14,34,39H,2,15-24H2,1H3. The van der Waals surface area contributed by atoms with E-state index in [1.54, 1.807) is 10.6 Å². The molecular formula is C33H39N5O6. The average molecular weight is 602 g/mol. The molecule has 1 aromatic heterocycles. The summed E-state index contributed by atoms with van der Waals surface area (Å²) in [5.74, 6) is 1.81. The van der Waals surface area contributed by atoms with Gasteiger partial charge in [-0.05, 0) is 48.9 Å². The Morgan fingerprint density at radius 3 is 2.48 bits per heavy atom. The van der Waals surface area contributed by atoms with Crippen LogP contribution in [0.25, 0.3) is 16.6 Å². The summed E-state index contributed by atoms with van der Waals surface area (Å²) >= 11 is 0. The fraction of sp³-hybridized carbons (Fsp3) is 0.364. The Labute approximate surface area is 256 Å². The Balaban J connectivity index is 1.19. The van der Waals surface area contributed by atoms with Crippen LogP contribution in [-0.2, 0) is 22.6 Å². The number of benzene rings is 3. The lowest BCUT2D eigenvalue weighted by Crippen LogP contribution is -2.50. The second-order valence-electron chi connectivity index (χ2n) is 10.4. The lowest BCUT2D eigenvalue weighted by atomic mass is 10.2. The number of rotatable bonds is 14. The number of nitrogens with one attached hydrogen (secondary N) is 1. The van der Waals surface area contributed by atoms with E-state index in [0.29, 0.717) is 93.1 Å². The van der Waals surface area contributed by atoms with Crippen molar-refractivity contribution in [1.82, 2.24) is 24.7 Å². The molecule has 1 amide bonds. The number of hydrogen-bond donors (Lipinski definition) is 2. The number of para-hydroxylation sites is 3. The van der Waals surface area contributed by atoms with Gasteiger partial charge >= 0.3 is 0 Å². The Morgan fingerprint density at radius 2 is 1.70 bits per heavy atom. The number of aliphatic hydroxyl groups excluding tert-OH is 1. The number of carbonyl (C=O) groups is 1. The summed E-state index contributed by atoms with van der Waals surface area (Å²) in [6, 6.07) is 22.5. The first-order valence-corrected chi connectivity index (χ1v) is 14.9. The molecule has 1 saturated heterocycles. The second kappa shape index (κ2) is 15.4. The van der Waals surface area contributed by atoms with Gasteiger partial charge in [-0.15, -0.1) is 0 Å². The van der Waals surface area contributed by atoms with Gasteiger partial charge in [0.25, 0.3) is 11.5 Å². The molecule has 0 unspecified atom stereocenters. The van der Waals surface area contributed by atoms with Gasteiger partial charge < -0.3 is 24.2 Å². The van der Waals surface area contributed by atoms with Gasteiger partial charge in [0.1, 0.15) is 17.3 Å². The molecule has 5 rings (SSSR count). The highest BCUT2D eigenvalue weighted by molar-refractivity contribution is 5.78. The number of aliphatic hydroxyl groups is 1. The number of carbonyl (C=O) groups excluding carboxylic acids is 1. The summed E-state index contributed by atoms with van der Waals surface area (Å²) < 4.78 is 18.5. The fourth-order valence-electron chi connectivity index (χ4n) is 5.15. The molecule has 44 heavy (non-hydrogen) atoms. The summed E-state index contributed by atoms with van der Waals surface area (Å²) in [5.41, 5.74) is 2.23. The highest BCUT2D eigenvalue weighted by atomic mass is 16.5. The normalized spacial score (nSPS) is 13.7. The number of hydrogen-bond acceptors (Lipinski definition) is 9. The van der Waals surface area contributed by atoms with Gasteiger partial charge in [-0.25, -0.2) is 4.98 Å². The predicted molar refractivity (Wildman–Crippen MR) is 167 cm³/mol. The summed E-state index contributed by atoms with van der Waals surface area (Å²) in [6.07, 6.45) is 0. The minimum atomic E-state index is -0.139. The van der Waals surface area contributed by atoms with E-state index in [9.17, 15) is 9.59 Å². The number of ether oxygens (including phenoxy) is 3. The van der Waals surface area contributed by atoms with Crippen molar-refractivity contribution in [2.24, 2.45) is 0 Å². The summed E-state index contributed by atoms with van der Waals surface area (Å²) in [5, 5.41) is 12.4. The molecule has 11 nitrogen and oxygen atoms in total. The summed E-state index contributed by atoms with van der Waals surface area (Å²) in [7, 11) is 0. The maximum atomic E-state index is 13.7. The van der Waals surface area contributed by atoms with Crippen molar-refractivity contribution in [3.8, 4) is 17.2 Å². The molecular weight excluding hydrogens is 562 g/mol. The quantitative estimate of drug-likeness (QED) is 0.166. The fourth-order valence-corrected chi connectivity index (χ4v) is 5.15. The number of nitrogens with zero attached hydrogens (tertiary/aromatic N) is 4. The van der Waals surface area contributed by atoms with Crippen LogP contribution in [-0.4, -0.2) is 89.7 Å². The van der Waals surface area contributed by atoms with Gasteiger partial charge in [0, 0.05) is 32.7 Å². The van der Waals surface area contributed by atoms with Crippen molar-refractivity contribution in [2.45, 2.75) is 20.0 Å². The zero-order valence-corrected chi connectivity index (χ0v) is 25.0. The van der Waals surface area contributed by atoms with E-state index in [2.05, 4.69) is 10.2 Å². The van der Waals surface area contributed by atoms with Crippen LogP contribution in [0.3, 0.4) is 0 Å². The molecule has 2 N–H and O–H groups in total. The zero-order valence-electron chi connectivity index (χ0n) is 25.0. The Kier molecular flexibility index (Phi) is 10.9. The van der Waals surface area contributed by atoms with Crippen molar-refractivity contribution in [1.29, 1.82) is 0 Å². The third-order valence-electron chi connectivity index (χ3n) is 7.40. The third kappa shape index (κ3) is 7.80. The van der Waals surface area contributed by atoms with E-state index in [0.717, 1.165) is 5.56 Å². The molecule has 0 radical (unpaired) electrons. The number of piperazine rings is 1. The maximum Gasteiger partial charge on any atom is 0.266 e. The predicted octanol–water partition coefficient (Wildman–Crippen LogP) is 2.56. The molecule has 2 heterocycles. The molecule has 4 aromatic rings. The van der Waals surface area contributed by atoms with E-state index in [1.807, 2.05) is 78.6 Å². The topological polar surface area (TPSA) is 118 Å². The minimum Gasteiger partial charge on any atom is -0.492 e. The molecule has 232 valence electrons. The van der Waals surface area contributed by atoms with Gasteiger partial charge in [-0.3, -0.25) is 24.4 Å². The van der Waals surface area contributed by atoms with E-state index >= 15 is 0 Å². The van der Waals surface area contributed by atoms with Gasteiger partial charge in [0.05, 0.1) is 49.7 Å². The van der Waals surface area contributed by atoms with Gasteiger partial charge in [-0.1, -0.05) is 36.4 Å². The van der Waals surface area contributed by atoms with Crippen LogP contribution in [0.4, 0.5) is 0 Å². The molecule has 1 aliphatic heterocycles. The molecule has 3 aromatic carbocycles. The third-order valence-corrected chi connectivity index (χ3v) is 7.40. The number of fused-ring (bicyclic) bond motifs is 1. The second-order valence-corrected chi connectivity index (χ2v) is 10.4. The molecule has 1 fully saturated rings. The zero-order chi connectivity index (χ0) is 30.7. The van der Waals surface area contributed by atoms with Crippen molar-refractivity contribution < 1.29 is 24.1 Å². The van der Waals surface area contributed by atoms with E-state index < -0.39 is 0 Å². The van der Waals surface area contributed by atoms with Crippen LogP contribution in [0.2, 0.25) is 0 Å². The molecule has 0 spiro atoms. The first kappa shape index (κ1) is 31.1. The largest absolute Gasteiger partial charge is 0.492 e. The molecule has 0 aliphatic carbocycles. The Bertz CT molecular complexity index is 1580. The summed E-state index contributed by atoms with van der Waals surface area (Å²) in [6.45, 7) is 6.50. The van der Waals surface area contributed by atoms with E-state index in [-0.39, 0.29) is 24.7 Å². The highest BCUT2D eigenvalue weighted by Crippen LogP contribution is 2.24. The first-order chi connectivity index (χ1) is 21.6. The Hall–Kier alpha value is -4.29. The van der Waals surface area contributed by atoms with Gasteiger partial charge in [-0.2, -0.15) is 0 Å². The van der Waals surface area contributed by atoms with Crippen LogP contribution in [0.5, 0.6) is 11.5 Å². The lowest BCUT2D eigenvalue weighted by molar-refractivity contribution is -0.135. The van der Waals surface area contributed by atoms with Crippen LogP contribution in [0.1, 0.15) is 18.3 Å². The molecule has 0 saturated carbocycles. The number of aromatic nitrogens is 2. The molecule has 0 bridgehead atoms. The van der Waals surface area contributed by atoms with Crippen LogP contribution < -0.4 is 20.3 Å². The minimum absolute atomic E-state index is 0.000930. The molecule has 1 aliphatic rings. The lowest BCUT2D eigenvalue weighted by Gasteiger charge is -2.34. The van der Waals surface area contributed by atoms with Crippen LogP contribution in [0.15, 0.2) is 77.6 Å². The average Bonchev–Trinajstić information content (AvgIpc) is 3.05. The summed E-state index contributed by atoms with van der Waals surface area (Å²) in [4.78, 5) is 35.6. The van der Waals surface area contributed by atoms with Crippen molar-refractivity contribution >= 4 is 16.8 Å². The van der Waals surface area contributed by atoms with Crippen molar-refractivity contribution in [2.75, 3.05) is 59.3 Å². The van der Waals surface area contributed by atoms with Gasteiger partial charge in [0.2, 0.25) is 0 Å². The highest BCUT2D eigenvalue weighted by Gasteiger charge is 2.24. The first-order valence-electron chi connectivity index (χ1n) is 14.9. The van der Waals surface area contributed by atoms with Crippen molar-refractivity contribution in [3.05, 3.63) is 94.5 Å². The van der Waals surface area contributed by atoms with E-state index in [1.165, 1.54) is 0 Å². The number of amides is 1.